The minimum atomic E-state index is -0.820. The largest absolute Gasteiger partial charge is 0.481 e. The third kappa shape index (κ3) is 4.71. The number of rotatable bonds is 5. The molecule has 2 aromatic carbocycles. The molecule has 0 bridgehead atoms. The Bertz CT molecular complexity index is 948. The van der Waals surface area contributed by atoms with Gasteiger partial charge in [-0.25, -0.2) is 0 Å². The van der Waals surface area contributed by atoms with Crippen molar-refractivity contribution in [1.29, 1.82) is 0 Å². The van der Waals surface area contributed by atoms with Crippen LogP contribution >= 0.6 is 0 Å². The molecule has 0 spiro atoms. The Kier molecular flexibility index (Phi) is 5.87. The van der Waals surface area contributed by atoms with E-state index in [4.69, 9.17) is 9.84 Å². The molecular weight excluding hydrogens is 360 g/mol. The van der Waals surface area contributed by atoms with Crippen LogP contribution in [0.3, 0.4) is 0 Å². The highest BCUT2D eigenvalue weighted by Gasteiger charge is 2.47. The fourth-order valence-corrected chi connectivity index (χ4v) is 3.66. The quantitative estimate of drug-likeness (QED) is 0.676. The Morgan fingerprint density at radius 3 is 2.21 bits per heavy atom. The number of carbonyl (C=O) groups is 1. The fourth-order valence-electron chi connectivity index (χ4n) is 3.66. The first-order valence-electron chi connectivity index (χ1n) is 10.3. The first-order valence-corrected chi connectivity index (χ1v) is 10.3. The average molecular weight is 391 g/mol. The van der Waals surface area contributed by atoms with Gasteiger partial charge in [0.1, 0.15) is 0 Å². The maximum absolute atomic E-state index is 11.1. The summed E-state index contributed by atoms with van der Waals surface area (Å²) in [5, 5.41) is 9.13. The van der Waals surface area contributed by atoms with Crippen molar-refractivity contribution >= 4 is 5.97 Å². The van der Waals surface area contributed by atoms with Crippen molar-refractivity contribution in [2.24, 2.45) is 0 Å². The van der Waals surface area contributed by atoms with E-state index in [0.29, 0.717) is 0 Å². The van der Waals surface area contributed by atoms with Crippen molar-refractivity contribution < 1.29 is 14.6 Å². The van der Waals surface area contributed by atoms with Gasteiger partial charge in [-0.2, -0.15) is 0 Å². The van der Waals surface area contributed by atoms with Crippen molar-refractivity contribution in [3.8, 4) is 11.8 Å². The molecule has 1 aliphatic rings. The van der Waals surface area contributed by atoms with E-state index >= 15 is 0 Å². The number of hydrogen-bond acceptors (Lipinski definition) is 2. The van der Waals surface area contributed by atoms with Gasteiger partial charge in [0.05, 0.1) is 11.5 Å². The molecular formula is C26H30O3. The van der Waals surface area contributed by atoms with Gasteiger partial charge in [0.15, 0.2) is 0 Å². The Morgan fingerprint density at radius 2 is 1.69 bits per heavy atom. The maximum Gasteiger partial charge on any atom is 0.310 e. The first-order chi connectivity index (χ1) is 13.7. The van der Waals surface area contributed by atoms with E-state index in [0.717, 1.165) is 36.1 Å². The van der Waals surface area contributed by atoms with Gasteiger partial charge in [0.2, 0.25) is 0 Å². The molecule has 1 unspecified atom stereocenters. The Morgan fingerprint density at radius 1 is 1.10 bits per heavy atom. The molecule has 3 nitrogen and oxygen atoms in total. The lowest BCUT2D eigenvalue weighted by molar-refractivity contribution is -0.138. The molecule has 0 aliphatic heterocycles. The van der Waals surface area contributed by atoms with Gasteiger partial charge in [-0.3, -0.25) is 4.79 Å². The van der Waals surface area contributed by atoms with Crippen molar-refractivity contribution in [2.45, 2.75) is 64.4 Å². The first kappa shape index (κ1) is 21.1. The van der Waals surface area contributed by atoms with Crippen LogP contribution in [0.5, 0.6) is 0 Å². The topological polar surface area (TPSA) is 46.5 Å². The summed E-state index contributed by atoms with van der Waals surface area (Å²) in [5.41, 5.74) is 5.13. The van der Waals surface area contributed by atoms with Crippen LogP contribution in [0.1, 0.15) is 81.2 Å². The number of aliphatic carboxylic acids is 1. The minimum Gasteiger partial charge on any atom is -0.481 e. The number of carboxylic acid groups (broad SMARTS) is 1. The van der Waals surface area contributed by atoms with Gasteiger partial charge < -0.3 is 9.84 Å². The number of ether oxygens (including phenoxy) is 1. The van der Waals surface area contributed by atoms with Crippen LogP contribution < -0.4 is 0 Å². The third-order valence-electron chi connectivity index (χ3n) is 5.58. The van der Waals surface area contributed by atoms with Crippen LogP contribution in [0.25, 0.3) is 0 Å². The fraction of sp³-hybridized carbons (Fsp3) is 0.423. The molecule has 29 heavy (non-hydrogen) atoms. The molecule has 0 amide bonds. The molecule has 1 saturated carbocycles. The van der Waals surface area contributed by atoms with Gasteiger partial charge in [0.25, 0.3) is 0 Å². The summed E-state index contributed by atoms with van der Waals surface area (Å²) in [5.74, 6) is 5.14. The van der Waals surface area contributed by atoms with Crippen LogP contribution in [-0.2, 0) is 20.5 Å². The van der Waals surface area contributed by atoms with E-state index < -0.39 is 11.9 Å². The SMILES string of the molecule is CCOC1(c2ccc(C#Cc3ccc(C(C)C(=O)O)cc3)cc2C(C)(C)C)CC1. The smallest absolute Gasteiger partial charge is 0.310 e. The molecule has 0 heterocycles. The second-order valence-corrected chi connectivity index (χ2v) is 8.87. The summed E-state index contributed by atoms with van der Waals surface area (Å²) in [6.07, 6.45) is 2.16. The number of hydrogen-bond donors (Lipinski definition) is 1. The zero-order valence-corrected chi connectivity index (χ0v) is 18.0. The predicted molar refractivity (Wildman–Crippen MR) is 116 cm³/mol. The van der Waals surface area contributed by atoms with Gasteiger partial charge in [-0.05, 0) is 73.1 Å². The lowest BCUT2D eigenvalue weighted by Gasteiger charge is -2.28. The van der Waals surface area contributed by atoms with Crippen LogP contribution in [0.15, 0.2) is 42.5 Å². The zero-order valence-electron chi connectivity index (χ0n) is 18.0. The molecule has 2 aromatic rings. The Balaban J connectivity index is 1.89. The molecule has 1 atom stereocenters. The Hall–Kier alpha value is -2.57. The summed E-state index contributed by atoms with van der Waals surface area (Å²) < 4.78 is 6.10. The monoisotopic (exact) mass is 390 g/mol. The highest BCUT2D eigenvalue weighted by atomic mass is 16.5. The molecule has 1 fully saturated rings. The average Bonchev–Trinajstić information content (AvgIpc) is 3.46. The standard InChI is InChI=1S/C26H30O3/c1-6-29-26(15-16-26)22-14-11-20(17-23(22)25(3,4)5)8-7-19-9-12-21(13-10-19)18(2)24(27)28/h9-14,17-18H,6,15-16H2,1-5H3,(H,27,28). The summed E-state index contributed by atoms with van der Waals surface area (Å²) in [7, 11) is 0. The third-order valence-corrected chi connectivity index (χ3v) is 5.58. The second-order valence-electron chi connectivity index (χ2n) is 8.87. The van der Waals surface area contributed by atoms with Gasteiger partial charge in [-0.15, -0.1) is 0 Å². The van der Waals surface area contributed by atoms with E-state index in [1.165, 1.54) is 11.1 Å². The summed E-state index contributed by atoms with van der Waals surface area (Å²) in [6, 6.07) is 13.9. The zero-order chi connectivity index (χ0) is 21.2. The normalized spacial score (nSPS) is 15.9. The lowest BCUT2D eigenvalue weighted by atomic mass is 9.80. The van der Waals surface area contributed by atoms with Crippen LogP contribution in [0, 0.1) is 11.8 Å². The van der Waals surface area contributed by atoms with Gasteiger partial charge in [-0.1, -0.05) is 50.8 Å². The molecule has 1 N–H and O–H groups in total. The Labute approximate surface area is 174 Å². The summed E-state index contributed by atoms with van der Waals surface area (Å²) in [4.78, 5) is 11.1. The lowest BCUT2D eigenvalue weighted by Crippen LogP contribution is -2.21. The highest BCUT2D eigenvalue weighted by molar-refractivity contribution is 5.75. The van der Waals surface area contributed by atoms with E-state index in [1.807, 2.05) is 24.3 Å². The van der Waals surface area contributed by atoms with Crippen molar-refractivity contribution in [1.82, 2.24) is 0 Å². The van der Waals surface area contributed by atoms with Crippen molar-refractivity contribution in [2.75, 3.05) is 6.61 Å². The van der Waals surface area contributed by atoms with Crippen LogP contribution in [0.2, 0.25) is 0 Å². The van der Waals surface area contributed by atoms with Gasteiger partial charge >= 0.3 is 5.97 Å². The van der Waals surface area contributed by atoms with Crippen LogP contribution in [0.4, 0.5) is 0 Å². The van der Waals surface area contributed by atoms with E-state index in [2.05, 4.69) is 57.7 Å². The molecule has 3 heteroatoms. The molecule has 0 radical (unpaired) electrons. The van der Waals surface area contributed by atoms with E-state index in [-0.39, 0.29) is 11.0 Å². The second kappa shape index (κ2) is 8.05. The van der Waals surface area contributed by atoms with Crippen molar-refractivity contribution in [3.05, 3.63) is 70.3 Å². The molecule has 3 rings (SSSR count). The van der Waals surface area contributed by atoms with Crippen LogP contribution in [-0.4, -0.2) is 17.7 Å². The number of carboxylic acids is 1. The van der Waals surface area contributed by atoms with E-state index in [9.17, 15) is 4.79 Å². The van der Waals surface area contributed by atoms with Crippen molar-refractivity contribution in [3.63, 3.8) is 0 Å². The summed E-state index contributed by atoms with van der Waals surface area (Å²) >= 11 is 0. The molecule has 0 aromatic heterocycles. The molecule has 0 saturated heterocycles. The maximum atomic E-state index is 11.1. The predicted octanol–water partition coefficient (Wildman–Crippen LogP) is 5.60. The highest BCUT2D eigenvalue weighted by Crippen LogP contribution is 2.52. The number of benzene rings is 2. The minimum absolute atomic E-state index is 0.00827. The molecule has 152 valence electrons. The van der Waals surface area contributed by atoms with Gasteiger partial charge in [0, 0.05) is 17.7 Å². The molecule has 1 aliphatic carbocycles. The van der Waals surface area contributed by atoms with E-state index in [1.54, 1.807) is 6.92 Å². The summed E-state index contributed by atoms with van der Waals surface area (Å²) in [6.45, 7) is 11.2.